The van der Waals surface area contributed by atoms with Crippen LogP contribution in [0.1, 0.15) is 26.7 Å². The molecule has 0 amide bonds. The Balaban J connectivity index is 1.73. The Morgan fingerprint density at radius 3 is 2.80 bits per heavy atom. The summed E-state index contributed by atoms with van der Waals surface area (Å²) < 4.78 is 5.39. The molecule has 0 radical (unpaired) electrons. The van der Waals surface area contributed by atoms with Gasteiger partial charge in [-0.2, -0.15) is 0 Å². The van der Waals surface area contributed by atoms with E-state index in [0.717, 1.165) is 6.42 Å². The van der Waals surface area contributed by atoms with E-state index >= 15 is 0 Å². The molecule has 6 atom stereocenters. The Morgan fingerprint density at radius 1 is 1.45 bits per heavy atom. The smallest absolute Gasteiger partial charge is 0.311 e. The lowest BCUT2D eigenvalue weighted by atomic mass is 9.83. The van der Waals surface area contributed by atoms with E-state index in [-0.39, 0.29) is 29.6 Å². The molecule has 0 aromatic heterocycles. The molecule has 0 aromatic rings. The van der Waals surface area contributed by atoms with Crippen LogP contribution in [0.15, 0.2) is 12.2 Å². The number of allylic oxidation sites excluding steroid dienone is 2. The van der Waals surface area contributed by atoms with Crippen molar-refractivity contribution < 1.29 is 19.4 Å². The Bertz CT molecular complexity index is 459. The third kappa shape index (κ3) is 2.14. The zero-order chi connectivity index (χ0) is 14.4. The van der Waals surface area contributed by atoms with Gasteiger partial charge in [-0.15, -0.1) is 0 Å². The summed E-state index contributed by atoms with van der Waals surface area (Å²) >= 11 is 0. The van der Waals surface area contributed by atoms with Crippen molar-refractivity contribution in [1.82, 2.24) is 5.32 Å². The van der Waals surface area contributed by atoms with E-state index in [1.54, 1.807) is 0 Å². The number of cyclic esters (lactones) is 1. The first-order chi connectivity index (χ1) is 9.47. The molecule has 6 unspecified atom stereocenters. The molecule has 0 aromatic carbocycles. The highest BCUT2D eigenvalue weighted by Crippen LogP contribution is 2.53. The molecule has 1 saturated heterocycles. The summed E-state index contributed by atoms with van der Waals surface area (Å²) in [5.41, 5.74) is 0. The van der Waals surface area contributed by atoms with Crippen molar-refractivity contribution in [2.45, 2.75) is 39.0 Å². The number of carbonyl (C=O) groups excluding carboxylic acids is 2. The summed E-state index contributed by atoms with van der Waals surface area (Å²) in [7, 11) is 0. The van der Waals surface area contributed by atoms with Gasteiger partial charge in [0.25, 0.3) is 0 Å². The Morgan fingerprint density at radius 2 is 2.15 bits per heavy atom. The van der Waals surface area contributed by atoms with Gasteiger partial charge in [0, 0.05) is 5.92 Å². The second-order valence-corrected chi connectivity index (χ2v) is 6.58. The average molecular weight is 278 g/mol. The number of nitrogens with one attached hydrogen (secondary N) is 1. The van der Waals surface area contributed by atoms with Crippen LogP contribution in [0.4, 0.5) is 0 Å². The summed E-state index contributed by atoms with van der Waals surface area (Å²) in [6.45, 7) is 3.92. The Labute approximate surface area is 118 Å². The van der Waals surface area contributed by atoms with Gasteiger partial charge in [0.05, 0.1) is 17.9 Å². The minimum Gasteiger partial charge on any atom is -0.548 e. The number of carboxylic acids is 1. The molecular weight excluding hydrogens is 258 g/mol. The maximum absolute atomic E-state index is 12.0. The molecule has 2 aliphatic carbocycles. The minimum absolute atomic E-state index is 0.0755. The van der Waals surface area contributed by atoms with Gasteiger partial charge in [0.2, 0.25) is 0 Å². The van der Waals surface area contributed by atoms with Gasteiger partial charge in [0.1, 0.15) is 0 Å². The largest absolute Gasteiger partial charge is 0.548 e. The van der Waals surface area contributed by atoms with E-state index in [1.165, 1.54) is 0 Å². The monoisotopic (exact) mass is 278 g/mol. The van der Waals surface area contributed by atoms with Crippen LogP contribution in [0.2, 0.25) is 0 Å². The average Bonchev–Trinajstić information content (AvgIpc) is 3.02. The zero-order valence-corrected chi connectivity index (χ0v) is 11.7. The third-order valence-electron chi connectivity index (χ3n) is 4.74. The molecular formula is C15H20NO4-. The highest BCUT2D eigenvalue weighted by Gasteiger charge is 2.57. The molecule has 1 N–H and O–H groups in total. The minimum atomic E-state index is -1.13. The van der Waals surface area contributed by atoms with E-state index in [1.807, 2.05) is 13.8 Å². The summed E-state index contributed by atoms with van der Waals surface area (Å²) in [5.74, 6) is -0.497. The SMILES string of the molecule is CC(C)CC(NC1OC(=O)C2C3C=CC(C3)C12)C(=O)[O-]. The fourth-order valence-corrected chi connectivity index (χ4v) is 3.93. The first kappa shape index (κ1) is 13.6. The van der Waals surface area contributed by atoms with E-state index in [2.05, 4.69) is 17.5 Å². The lowest BCUT2D eigenvalue weighted by Crippen LogP contribution is -2.52. The Hall–Kier alpha value is -1.36. The van der Waals surface area contributed by atoms with Gasteiger partial charge >= 0.3 is 5.97 Å². The quantitative estimate of drug-likeness (QED) is 0.568. The molecule has 3 aliphatic rings. The lowest BCUT2D eigenvalue weighted by molar-refractivity contribution is -0.309. The van der Waals surface area contributed by atoms with Crippen LogP contribution >= 0.6 is 0 Å². The van der Waals surface area contributed by atoms with Crippen LogP contribution in [-0.2, 0) is 14.3 Å². The second kappa shape index (κ2) is 4.88. The molecule has 1 saturated carbocycles. The fourth-order valence-electron chi connectivity index (χ4n) is 3.93. The van der Waals surface area contributed by atoms with Crippen LogP contribution in [0, 0.1) is 29.6 Å². The van der Waals surface area contributed by atoms with Gasteiger partial charge < -0.3 is 14.6 Å². The topological polar surface area (TPSA) is 78.5 Å². The van der Waals surface area contributed by atoms with Gasteiger partial charge in [-0.25, -0.2) is 0 Å². The molecule has 5 heteroatoms. The van der Waals surface area contributed by atoms with Crippen LogP contribution in [-0.4, -0.2) is 24.2 Å². The van der Waals surface area contributed by atoms with Crippen LogP contribution in [0.25, 0.3) is 0 Å². The molecule has 2 bridgehead atoms. The number of carbonyl (C=O) groups is 2. The lowest BCUT2D eigenvalue weighted by Gasteiger charge is -2.29. The van der Waals surface area contributed by atoms with Crippen molar-refractivity contribution in [3.05, 3.63) is 12.2 Å². The van der Waals surface area contributed by atoms with E-state index in [4.69, 9.17) is 4.74 Å². The predicted molar refractivity (Wildman–Crippen MR) is 69.0 cm³/mol. The molecule has 1 aliphatic heterocycles. The molecule has 0 spiro atoms. The second-order valence-electron chi connectivity index (χ2n) is 6.58. The fraction of sp³-hybridized carbons (Fsp3) is 0.733. The highest BCUT2D eigenvalue weighted by atomic mass is 16.6. The predicted octanol–water partition coefficient (Wildman–Crippen LogP) is 0.0618. The zero-order valence-electron chi connectivity index (χ0n) is 11.7. The standard InChI is InChI=1S/C15H21NO4/c1-7(2)5-10(14(17)18)16-13-11-8-3-4-9(6-8)12(11)15(19)20-13/h3-4,7-13,16H,5-6H2,1-2H3,(H,17,18)/p-1. The molecule has 20 heavy (non-hydrogen) atoms. The van der Waals surface area contributed by atoms with Crippen molar-refractivity contribution in [2.24, 2.45) is 29.6 Å². The van der Waals surface area contributed by atoms with Crippen molar-refractivity contribution in [3.63, 3.8) is 0 Å². The molecule has 1 heterocycles. The van der Waals surface area contributed by atoms with E-state index < -0.39 is 18.2 Å². The first-order valence-electron chi connectivity index (χ1n) is 7.33. The van der Waals surface area contributed by atoms with Gasteiger partial charge in [0.15, 0.2) is 6.23 Å². The number of rotatable bonds is 5. The van der Waals surface area contributed by atoms with Crippen molar-refractivity contribution in [2.75, 3.05) is 0 Å². The molecule has 3 rings (SSSR count). The number of hydrogen-bond acceptors (Lipinski definition) is 5. The highest BCUT2D eigenvalue weighted by molar-refractivity contribution is 5.77. The van der Waals surface area contributed by atoms with Crippen LogP contribution < -0.4 is 10.4 Å². The van der Waals surface area contributed by atoms with Crippen molar-refractivity contribution >= 4 is 11.9 Å². The third-order valence-corrected chi connectivity index (χ3v) is 4.74. The van der Waals surface area contributed by atoms with Crippen LogP contribution in [0.3, 0.4) is 0 Å². The summed E-state index contributed by atoms with van der Waals surface area (Å²) in [4.78, 5) is 23.2. The number of esters is 1. The number of fused-ring (bicyclic) bond motifs is 5. The maximum atomic E-state index is 12.0. The number of carboxylic acid groups (broad SMARTS) is 1. The number of aliphatic carboxylic acids is 1. The van der Waals surface area contributed by atoms with Gasteiger partial charge in [-0.1, -0.05) is 26.0 Å². The normalized spacial score (nSPS) is 39.1. The van der Waals surface area contributed by atoms with Crippen molar-refractivity contribution in [3.8, 4) is 0 Å². The van der Waals surface area contributed by atoms with E-state index in [9.17, 15) is 14.7 Å². The van der Waals surface area contributed by atoms with Gasteiger partial charge in [-0.05, 0) is 30.6 Å². The summed E-state index contributed by atoms with van der Waals surface area (Å²) in [6, 6.07) is -0.769. The number of ether oxygens (including phenoxy) is 1. The summed E-state index contributed by atoms with van der Waals surface area (Å²) in [5, 5.41) is 14.2. The summed E-state index contributed by atoms with van der Waals surface area (Å²) in [6.07, 6.45) is 5.20. The first-order valence-corrected chi connectivity index (χ1v) is 7.33. The molecule has 2 fully saturated rings. The molecule has 5 nitrogen and oxygen atoms in total. The molecule has 110 valence electrons. The Kier molecular flexibility index (Phi) is 3.32. The van der Waals surface area contributed by atoms with E-state index in [0.29, 0.717) is 12.3 Å². The maximum Gasteiger partial charge on any atom is 0.311 e. The van der Waals surface area contributed by atoms with Gasteiger partial charge in [-0.3, -0.25) is 10.1 Å². The number of hydrogen-bond donors (Lipinski definition) is 1. The van der Waals surface area contributed by atoms with Crippen molar-refractivity contribution in [1.29, 1.82) is 0 Å². The van der Waals surface area contributed by atoms with Crippen LogP contribution in [0.5, 0.6) is 0 Å².